The summed E-state index contributed by atoms with van der Waals surface area (Å²) in [6.45, 7) is 9.77. The maximum Gasteiger partial charge on any atom is 0.354 e. The SMILES string of the molecule is CCn1c(C)c(C(=O)C(C)N(CCOC)C(C)=O)c(C)c1C(=O)OC. The fraction of sp³-hybridized carbons (Fsp3) is 0.611. The van der Waals surface area contributed by atoms with Gasteiger partial charge in [-0.15, -0.1) is 0 Å². The lowest BCUT2D eigenvalue weighted by atomic mass is 10.00. The Morgan fingerprint density at radius 3 is 2.24 bits per heavy atom. The summed E-state index contributed by atoms with van der Waals surface area (Å²) >= 11 is 0. The largest absolute Gasteiger partial charge is 0.464 e. The Morgan fingerprint density at radius 2 is 1.80 bits per heavy atom. The van der Waals surface area contributed by atoms with E-state index in [0.717, 1.165) is 0 Å². The second kappa shape index (κ2) is 8.80. The van der Waals surface area contributed by atoms with E-state index in [0.29, 0.717) is 42.2 Å². The Hall–Kier alpha value is -2.15. The normalized spacial score (nSPS) is 12.0. The molecule has 25 heavy (non-hydrogen) atoms. The molecule has 1 atom stereocenters. The zero-order valence-electron chi connectivity index (χ0n) is 16.1. The van der Waals surface area contributed by atoms with Crippen molar-refractivity contribution in [3.63, 3.8) is 0 Å². The fourth-order valence-corrected chi connectivity index (χ4v) is 3.18. The molecule has 0 fully saturated rings. The number of ether oxygens (including phenoxy) is 2. The lowest BCUT2D eigenvalue weighted by Crippen LogP contribution is -2.44. The van der Waals surface area contributed by atoms with Crippen LogP contribution in [-0.2, 0) is 20.8 Å². The number of Topliss-reactive ketones (excluding diaryl/α,β-unsaturated/α-hetero) is 1. The predicted octanol–water partition coefficient (Wildman–Crippen LogP) is 1.98. The van der Waals surface area contributed by atoms with Gasteiger partial charge in [0.1, 0.15) is 5.69 Å². The van der Waals surface area contributed by atoms with E-state index in [-0.39, 0.29) is 11.7 Å². The minimum atomic E-state index is -0.650. The number of hydrogen-bond donors (Lipinski definition) is 0. The Labute approximate surface area is 148 Å². The highest BCUT2D eigenvalue weighted by Gasteiger charge is 2.31. The molecule has 0 bridgehead atoms. The van der Waals surface area contributed by atoms with Gasteiger partial charge in [-0.2, -0.15) is 0 Å². The molecule has 7 heteroatoms. The molecule has 140 valence electrons. The summed E-state index contributed by atoms with van der Waals surface area (Å²) in [6, 6.07) is -0.650. The number of esters is 1. The van der Waals surface area contributed by atoms with Crippen molar-refractivity contribution in [1.82, 2.24) is 9.47 Å². The summed E-state index contributed by atoms with van der Waals surface area (Å²) in [6.07, 6.45) is 0. The molecule has 0 N–H and O–H groups in total. The highest BCUT2D eigenvalue weighted by molar-refractivity contribution is 6.06. The summed E-state index contributed by atoms with van der Waals surface area (Å²) in [5.74, 6) is -0.869. The third kappa shape index (κ3) is 4.10. The average molecular weight is 352 g/mol. The molecule has 0 aromatic carbocycles. The minimum absolute atomic E-state index is 0.196. The van der Waals surface area contributed by atoms with Gasteiger partial charge >= 0.3 is 5.97 Å². The molecule has 1 aromatic heterocycles. The summed E-state index contributed by atoms with van der Waals surface area (Å²) < 4.78 is 11.6. The van der Waals surface area contributed by atoms with Crippen LogP contribution in [0.2, 0.25) is 0 Å². The first-order chi connectivity index (χ1) is 11.7. The van der Waals surface area contributed by atoms with Crippen LogP contribution in [0, 0.1) is 13.8 Å². The van der Waals surface area contributed by atoms with Crippen LogP contribution in [0.15, 0.2) is 0 Å². The molecule has 0 radical (unpaired) electrons. The summed E-state index contributed by atoms with van der Waals surface area (Å²) in [4.78, 5) is 38.6. The predicted molar refractivity (Wildman–Crippen MR) is 94.0 cm³/mol. The van der Waals surface area contributed by atoms with Crippen LogP contribution in [0.3, 0.4) is 0 Å². The van der Waals surface area contributed by atoms with Crippen LogP contribution in [0.4, 0.5) is 0 Å². The highest BCUT2D eigenvalue weighted by Crippen LogP contribution is 2.25. The number of rotatable bonds is 8. The van der Waals surface area contributed by atoms with Crippen molar-refractivity contribution in [2.45, 2.75) is 47.2 Å². The van der Waals surface area contributed by atoms with Crippen LogP contribution >= 0.6 is 0 Å². The van der Waals surface area contributed by atoms with Crippen molar-refractivity contribution >= 4 is 17.7 Å². The average Bonchev–Trinajstić information content (AvgIpc) is 2.83. The molecule has 1 amide bonds. The Kier molecular flexibility index (Phi) is 7.36. The number of nitrogens with zero attached hydrogens (tertiary/aromatic N) is 2. The van der Waals surface area contributed by atoms with Gasteiger partial charge in [0.05, 0.1) is 19.8 Å². The quantitative estimate of drug-likeness (QED) is 0.528. The number of carbonyl (C=O) groups is 3. The second-order valence-corrected chi connectivity index (χ2v) is 5.92. The van der Waals surface area contributed by atoms with Crippen LogP contribution in [0.5, 0.6) is 0 Å². The van der Waals surface area contributed by atoms with Crippen LogP contribution in [0.25, 0.3) is 0 Å². The molecule has 7 nitrogen and oxygen atoms in total. The second-order valence-electron chi connectivity index (χ2n) is 5.92. The van der Waals surface area contributed by atoms with E-state index in [9.17, 15) is 14.4 Å². The topological polar surface area (TPSA) is 77.8 Å². The lowest BCUT2D eigenvalue weighted by molar-refractivity contribution is -0.130. The number of carbonyl (C=O) groups excluding carboxylic acids is 3. The summed E-state index contributed by atoms with van der Waals surface area (Å²) in [5, 5.41) is 0. The molecule has 1 aromatic rings. The molecule has 1 unspecified atom stereocenters. The van der Waals surface area contributed by atoms with Gasteiger partial charge in [-0.25, -0.2) is 4.79 Å². The maximum atomic E-state index is 13.1. The fourth-order valence-electron chi connectivity index (χ4n) is 3.18. The monoisotopic (exact) mass is 352 g/mol. The van der Waals surface area contributed by atoms with Gasteiger partial charge in [-0.05, 0) is 33.3 Å². The van der Waals surface area contributed by atoms with Gasteiger partial charge in [0, 0.05) is 38.4 Å². The van der Waals surface area contributed by atoms with Crippen LogP contribution in [0.1, 0.15) is 52.9 Å². The third-order valence-corrected chi connectivity index (χ3v) is 4.50. The van der Waals surface area contributed by atoms with E-state index >= 15 is 0 Å². The number of hydrogen-bond acceptors (Lipinski definition) is 5. The van der Waals surface area contributed by atoms with Crippen molar-refractivity contribution in [2.24, 2.45) is 0 Å². The molecular formula is C18H28N2O5. The molecule has 0 saturated heterocycles. The molecular weight excluding hydrogens is 324 g/mol. The van der Waals surface area contributed by atoms with E-state index in [4.69, 9.17) is 9.47 Å². The lowest BCUT2D eigenvalue weighted by Gasteiger charge is -2.27. The Morgan fingerprint density at radius 1 is 1.20 bits per heavy atom. The first kappa shape index (κ1) is 20.9. The molecule has 0 spiro atoms. The molecule has 0 aliphatic carbocycles. The van der Waals surface area contributed by atoms with E-state index < -0.39 is 12.0 Å². The van der Waals surface area contributed by atoms with Crippen molar-refractivity contribution < 1.29 is 23.9 Å². The Bertz CT molecular complexity index is 663. The van der Waals surface area contributed by atoms with E-state index in [1.165, 1.54) is 18.9 Å². The number of aromatic nitrogens is 1. The van der Waals surface area contributed by atoms with E-state index in [1.54, 1.807) is 32.4 Å². The van der Waals surface area contributed by atoms with Gasteiger partial charge in [-0.1, -0.05) is 0 Å². The van der Waals surface area contributed by atoms with Gasteiger partial charge in [-0.3, -0.25) is 9.59 Å². The van der Waals surface area contributed by atoms with E-state index in [1.807, 2.05) is 6.92 Å². The smallest absolute Gasteiger partial charge is 0.354 e. The number of amides is 1. The first-order valence-corrected chi connectivity index (χ1v) is 8.31. The van der Waals surface area contributed by atoms with Crippen LogP contribution < -0.4 is 0 Å². The van der Waals surface area contributed by atoms with Gasteiger partial charge in [0.2, 0.25) is 5.91 Å². The van der Waals surface area contributed by atoms with Gasteiger partial charge in [0.15, 0.2) is 5.78 Å². The Balaban J connectivity index is 3.35. The maximum absolute atomic E-state index is 13.1. The molecule has 1 heterocycles. The van der Waals surface area contributed by atoms with Crippen molar-refractivity contribution in [2.75, 3.05) is 27.4 Å². The zero-order valence-corrected chi connectivity index (χ0v) is 16.1. The third-order valence-electron chi connectivity index (χ3n) is 4.50. The molecule has 1 rings (SSSR count). The standard InChI is InChI=1S/C18H28N2O5/c1-8-19-12(3)15(11(2)16(19)18(23)25-7)17(22)13(4)20(14(5)21)9-10-24-6/h13H,8-10H2,1-7H3. The van der Waals surface area contributed by atoms with Crippen molar-refractivity contribution in [1.29, 1.82) is 0 Å². The van der Waals surface area contributed by atoms with Gasteiger partial charge in [0.25, 0.3) is 0 Å². The van der Waals surface area contributed by atoms with Crippen molar-refractivity contribution in [3.05, 3.63) is 22.5 Å². The number of ketones is 1. The number of methoxy groups -OCH3 is 2. The van der Waals surface area contributed by atoms with Crippen molar-refractivity contribution in [3.8, 4) is 0 Å². The highest BCUT2D eigenvalue weighted by atomic mass is 16.5. The van der Waals surface area contributed by atoms with Crippen LogP contribution in [-0.4, -0.2) is 60.5 Å². The van der Waals surface area contributed by atoms with E-state index in [2.05, 4.69) is 0 Å². The molecule has 0 aliphatic heterocycles. The summed E-state index contributed by atoms with van der Waals surface area (Å²) in [5.41, 5.74) is 2.13. The minimum Gasteiger partial charge on any atom is -0.464 e. The summed E-state index contributed by atoms with van der Waals surface area (Å²) in [7, 11) is 2.86. The zero-order chi connectivity index (χ0) is 19.3. The first-order valence-electron chi connectivity index (χ1n) is 8.31. The molecule has 0 saturated carbocycles. The molecule has 0 aliphatic rings. The van der Waals surface area contributed by atoms with Gasteiger partial charge < -0.3 is 18.9 Å².